The molecule has 0 aliphatic carbocycles. The van der Waals surface area contributed by atoms with E-state index in [2.05, 4.69) is 4.98 Å². The zero-order valence-electron chi connectivity index (χ0n) is 17.1. The smallest absolute Gasteiger partial charge is 0.409 e. The lowest BCUT2D eigenvalue weighted by molar-refractivity contribution is -0.132. The van der Waals surface area contributed by atoms with Crippen LogP contribution in [0.25, 0.3) is 0 Å². The standard InChI is InChI=1S/C22H23N3O6/c1-2-30-22(29)24-11-8-14(9-12-24)25-18(15-6-3-4-10-23-15)17(20(27)21(25)28)19(26)16-7-5-13-31-16/h3-7,10,13-14,18,27H,2,8-9,11-12H2,1H3. The predicted octanol–water partition coefficient (Wildman–Crippen LogP) is 2.87. The summed E-state index contributed by atoms with van der Waals surface area (Å²) in [5, 5.41) is 10.7. The van der Waals surface area contributed by atoms with E-state index in [1.54, 1.807) is 42.3 Å². The number of aliphatic hydroxyl groups is 1. The highest BCUT2D eigenvalue weighted by Gasteiger charge is 2.48. The molecule has 2 aromatic rings. The molecule has 0 spiro atoms. The van der Waals surface area contributed by atoms with Crippen molar-refractivity contribution >= 4 is 17.8 Å². The van der Waals surface area contributed by atoms with Crippen LogP contribution in [0.4, 0.5) is 4.79 Å². The summed E-state index contributed by atoms with van der Waals surface area (Å²) in [7, 11) is 0. The Kier molecular flexibility index (Phi) is 5.75. The monoisotopic (exact) mass is 425 g/mol. The van der Waals surface area contributed by atoms with Gasteiger partial charge in [-0.15, -0.1) is 0 Å². The van der Waals surface area contributed by atoms with Gasteiger partial charge in [-0.05, 0) is 44.0 Å². The van der Waals surface area contributed by atoms with Gasteiger partial charge in [0.05, 0.1) is 24.1 Å². The molecule has 2 aliphatic rings. The van der Waals surface area contributed by atoms with Gasteiger partial charge in [0.1, 0.15) is 6.04 Å². The highest BCUT2D eigenvalue weighted by Crippen LogP contribution is 2.41. The van der Waals surface area contributed by atoms with E-state index >= 15 is 0 Å². The number of amides is 2. The van der Waals surface area contributed by atoms with Crippen molar-refractivity contribution in [3.63, 3.8) is 0 Å². The van der Waals surface area contributed by atoms with E-state index in [1.165, 1.54) is 17.2 Å². The fraction of sp³-hybridized carbons (Fsp3) is 0.364. The summed E-state index contributed by atoms with van der Waals surface area (Å²) in [6, 6.07) is 7.15. The van der Waals surface area contributed by atoms with Gasteiger partial charge < -0.3 is 24.1 Å². The van der Waals surface area contributed by atoms with Gasteiger partial charge in [0.2, 0.25) is 5.78 Å². The molecule has 9 heteroatoms. The van der Waals surface area contributed by atoms with Crippen LogP contribution in [0.15, 0.2) is 58.5 Å². The van der Waals surface area contributed by atoms with Crippen molar-refractivity contribution < 1.29 is 28.6 Å². The van der Waals surface area contributed by atoms with Crippen molar-refractivity contribution in [3.05, 3.63) is 65.6 Å². The lowest BCUT2D eigenvalue weighted by atomic mass is 9.95. The largest absolute Gasteiger partial charge is 0.503 e. The third-order valence-electron chi connectivity index (χ3n) is 5.59. The average Bonchev–Trinajstić information content (AvgIpc) is 3.42. The van der Waals surface area contributed by atoms with Crippen LogP contribution in [-0.2, 0) is 9.53 Å². The molecule has 1 saturated heterocycles. The second-order valence-corrected chi connectivity index (χ2v) is 7.36. The zero-order valence-corrected chi connectivity index (χ0v) is 17.1. The Morgan fingerprint density at radius 2 is 2.00 bits per heavy atom. The lowest BCUT2D eigenvalue weighted by Gasteiger charge is -2.39. The number of nitrogens with zero attached hydrogens (tertiary/aromatic N) is 3. The van der Waals surface area contributed by atoms with E-state index in [4.69, 9.17) is 9.15 Å². The minimum atomic E-state index is -0.842. The highest BCUT2D eigenvalue weighted by atomic mass is 16.6. The Morgan fingerprint density at radius 1 is 1.23 bits per heavy atom. The molecule has 1 atom stereocenters. The predicted molar refractivity (Wildman–Crippen MR) is 108 cm³/mol. The van der Waals surface area contributed by atoms with Gasteiger partial charge in [0.15, 0.2) is 11.5 Å². The van der Waals surface area contributed by atoms with E-state index in [1.807, 2.05) is 0 Å². The van der Waals surface area contributed by atoms with Gasteiger partial charge in [-0.1, -0.05) is 6.07 Å². The number of carbonyl (C=O) groups is 3. The normalized spacial score (nSPS) is 19.8. The highest BCUT2D eigenvalue weighted by molar-refractivity contribution is 6.15. The third kappa shape index (κ3) is 3.78. The third-order valence-corrected chi connectivity index (χ3v) is 5.59. The van der Waals surface area contributed by atoms with E-state index in [-0.39, 0.29) is 23.5 Å². The number of piperidine rings is 1. The molecule has 31 heavy (non-hydrogen) atoms. The molecule has 1 N–H and O–H groups in total. The van der Waals surface area contributed by atoms with Crippen molar-refractivity contribution in [2.45, 2.75) is 31.8 Å². The second-order valence-electron chi connectivity index (χ2n) is 7.36. The summed E-state index contributed by atoms with van der Waals surface area (Å²) in [5.74, 6) is -1.74. The second kappa shape index (κ2) is 8.63. The van der Waals surface area contributed by atoms with Gasteiger partial charge in [-0.2, -0.15) is 0 Å². The minimum Gasteiger partial charge on any atom is -0.503 e. The molecule has 0 radical (unpaired) electrons. The molecule has 162 valence electrons. The molecule has 4 heterocycles. The van der Waals surface area contributed by atoms with Gasteiger partial charge in [-0.25, -0.2) is 4.79 Å². The summed E-state index contributed by atoms with van der Waals surface area (Å²) < 4.78 is 10.3. The van der Waals surface area contributed by atoms with Crippen molar-refractivity contribution in [2.24, 2.45) is 0 Å². The molecule has 2 aliphatic heterocycles. The topological polar surface area (TPSA) is 113 Å². The molecular formula is C22H23N3O6. The number of aliphatic hydroxyl groups excluding tert-OH is 1. The van der Waals surface area contributed by atoms with Crippen LogP contribution in [-0.4, -0.2) is 63.4 Å². The van der Waals surface area contributed by atoms with Crippen molar-refractivity contribution in [2.75, 3.05) is 19.7 Å². The van der Waals surface area contributed by atoms with Crippen LogP contribution < -0.4 is 0 Å². The number of hydrogen-bond acceptors (Lipinski definition) is 7. The molecule has 2 aromatic heterocycles. The number of pyridine rings is 1. The lowest BCUT2D eigenvalue weighted by Crippen LogP contribution is -2.48. The molecular weight excluding hydrogens is 402 g/mol. The van der Waals surface area contributed by atoms with Crippen LogP contribution in [0.5, 0.6) is 0 Å². The maximum absolute atomic E-state index is 13.1. The molecule has 1 unspecified atom stereocenters. The summed E-state index contributed by atoms with van der Waals surface area (Å²) in [6.45, 7) is 2.85. The van der Waals surface area contributed by atoms with Crippen LogP contribution in [0, 0.1) is 0 Å². The SMILES string of the molecule is CCOC(=O)N1CCC(N2C(=O)C(O)=C(C(=O)c3ccco3)C2c2ccccn2)CC1. The fourth-order valence-electron chi connectivity index (χ4n) is 4.14. The van der Waals surface area contributed by atoms with Crippen LogP contribution in [0.2, 0.25) is 0 Å². The molecule has 9 nitrogen and oxygen atoms in total. The Balaban J connectivity index is 1.64. The number of hydrogen-bond donors (Lipinski definition) is 1. The van der Waals surface area contributed by atoms with Crippen molar-refractivity contribution in [1.82, 2.24) is 14.8 Å². The van der Waals surface area contributed by atoms with Gasteiger partial charge >= 0.3 is 6.09 Å². The first kappa shape index (κ1) is 20.6. The maximum atomic E-state index is 13.1. The number of rotatable bonds is 5. The van der Waals surface area contributed by atoms with E-state index < -0.39 is 23.5 Å². The minimum absolute atomic E-state index is 0.0364. The first-order valence-corrected chi connectivity index (χ1v) is 10.2. The Labute approximate surface area is 178 Å². The van der Waals surface area contributed by atoms with Gasteiger partial charge in [0, 0.05) is 25.3 Å². The molecule has 0 saturated carbocycles. The number of likely N-dealkylation sites (tertiary alicyclic amines) is 1. The Bertz CT molecular complexity index is 994. The molecule has 0 bridgehead atoms. The average molecular weight is 425 g/mol. The number of ether oxygens (including phenoxy) is 1. The molecule has 0 aromatic carbocycles. The quantitative estimate of drug-likeness (QED) is 0.733. The number of Topliss-reactive ketones (excluding diaryl/α,β-unsaturated/α-hetero) is 1. The number of furan rings is 1. The van der Waals surface area contributed by atoms with Crippen LogP contribution in [0.3, 0.4) is 0 Å². The van der Waals surface area contributed by atoms with Crippen molar-refractivity contribution in [1.29, 1.82) is 0 Å². The van der Waals surface area contributed by atoms with Gasteiger partial charge in [-0.3, -0.25) is 14.6 Å². The first-order chi connectivity index (χ1) is 15.0. The first-order valence-electron chi connectivity index (χ1n) is 10.2. The summed E-state index contributed by atoms with van der Waals surface area (Å²) >= 11 is 0. The summed E-state index contributed by atoms with van der Waals surface area (Å²) in [6.07, 6.45) is 3.53. The van der Waals surface area contributed by atoms with E-state index in [9.17, 15) is 19.5 Å². The Morgan fingerprint density at radius 3 is 2.61 bits per heavy atom. The molecule has 4 rings (SSSR count). The van der Waals surface area contributed by atoms with E-state index in [0.29, 0.717) is 38.2 Å². The molecule has 1 fully saturated rings. The summed E-state index contributed by atoms with van der Waals surface area (Å²) in [4.78, 5) is 45.7. The zero-order chi connectivity index (χ0) is 22.0. The van der Waals surface area contributed by atoms with Crippen molar-refractivity contribution in [3.8, 4) is 0 Å². The Hall–Kier alpha value is -3.62. The molecule has 2 amide bonds. The fourth-order valence-corrected chi connectivity index (χ4v) is 4.14. The van der Waals surface area contributed by atoms with Crippen LogP contribution in [0.1, 0.15) is 42.1 Å². The van der Waals surface area contributed by atoms with Crippen LogP contribution >= 0.6 is 0 Å². The number of aromatic nitrogens is 1. The maximum Gasteiger partial charge on any atom is 0.409 e. The van der Waals surface area contributed by atoms with E-state index in [0.717, 1.165) is 0 Å². The number of carbonyl (C=O) groups excluding carboxylic acids is 3. The van der Waals surface area contributed by atoms with Gasteiger partial charge in [0.25, 0.3) is 5.91 Å². The summed E-state index contributed by atoms with van der Waals surface area (Å²) in [5.41, 5.74) is 0.425. The number of ketones is 1.